The van der Waals surface area contributed by atoms with E-state index in [1.165, 1.54) is 120 Å². The first-order chi connectivity index (χ1) is 18.3. The van der Waals surface area contributed by atoms with Crippen molar-refractivity contribution in [3.05, 3.63) is 83.1 Å². The fourth-order valence-electron chi connectivity index (χ4n) is 7.79. The quantitative estimate of drug-likeness (QED) is 0.387. The Morgan fingerprint density at radius 2 is 0.865 bits per heavy atom. The second-order valence-electron chi connectivity index (χ2n) is 12.4. The van der Waals surface area contributed by atoms with Gasteiger partial charge < -0.3 is 4.90 Å². The summed E-state index contributed by atoms with van der Waals surface area (Å²) in [6.07, 6.45) is 28.3. The lowest BCUT2D eigenvalue weighted by Crippen LogP contribution is -2.20. The van der Waals surface area contributed by atoms with Gasteiger partial charge in [0, 0.05) is 17.1 Å². The summed E-state index contributed by atoms with van der Waals surface area (Å²) in [4.78, 5) is 2.56. The molecule has 0 aliphatic heterocycles. The second kappa shape index (κ2) is 12.1. The van der Waals surface area contributed by atoms with E-state index >= 15 is 0 Å². The molecule has 0 aromatic heterocycles. The van der Waals surface area contributed by atoms with E-state index in [2.05, 4.69) is 65.6 Å². The monoisotopic (exact) mass is 493 g/mol. The van der Waals surface area contributed by atoms with Gasteiger partial charge in [-0.2, -0.15) is 0 Å². The predicted octanol–water partition coefficient (Wildman–Crippen LogP) is 11.1. The summed E-state index contributed by atoms with van der Waals surface area (Å²) in [5, 5.41) is 0. The highest BCUT2D eigenvalue weighted by atomic mass is 15.1. The van der Waals surface area contributed by atoms with E-state index in [0.29, 0.717) is 0 Å². The van der Waals surface area contributed by atoms with Gasteiger partial charge in [0.25, 0.3) is 0 Å². The Balaban J connectivity index is 1.28. The van der Waals surface area contributed by atoms with E-state index in [9.17, 15) is 0 Å². The summed E-state index contributed by atoms with van der Waals surface area (Å²) < 4.78 is 0. The molecule has 2 aromatic carbocycles. The number of nitrogens with zero attached hydrogens (tertiary/aromatic N) is 1. The summed E-state index contributed by atoms with van der Waals surface area (Å²) in [7, 11) is 0. The second-order valence-corrected chi connectivity index (χ2v) is 12.4. The van der Waals surface area contributed by atoms with Gasteiger partial charge in [-0.25, -0.2) is 0 Å². The number of allylic oxidation sites excluding steroid dienone is 4. The molecule has 4 aliphatic rings. The Labute approximate surface area is 226 Å². The summed E-state index contributed by atoms with van der Waals surface area (Å²) in [6.45, 7) is 0. The molecule has 0 radical (unpaired) electrons. The van der Waals surface area contributed by atoms with Crippen molar-refractivity contribution >= 4 is 11.4 Å². The van der Waals surface area contributed by atoms with E-state index < -0.39 is 0 Å². The number of anilines is 2. The third kappa shape index (κ3) is 5.92. The van der Waals surface area contributed by atoms with E-state index in [0.717, 1.165) is 24.2 Å². The summed E-state index contributed by atoms with van der Waals surface area (Å²) in [6, 6.07) is 19.3. The molecule has 1 heteroatoms. The highest BCUT2D eigenvalue weighted by molar-refractivity contribution is 5.69. The first-order valence-corrected chi connectivity index (χ1v) is 15.7. The Bertz CT molecular complexity index is 993. The van der Waals surface area contributed by atoms with Crippen LogP contribution in [0, 0.1) is 5.92 Å². The van der Waals surface area contributed by atoms with Gasteiger partial charge >= 0.3 is 0 Å². The zero-order chi connectivity index (χ0) is 24.9. The lowest BCUT2D eigenvalue weighted by atomic mass is 9.80. The maximum Gasteiger partial charge on any atom is 0.0458 e. The molecule has 2 aromatic rings. The molecular weight excluding hydrogens is 446 g/mol. The van der Waals surface area contributed by atoms with Gasteiger partial charge in [-0.3, -0.25) is 0 Å². The van der Waals surface area contributed by atoms with Crippen LogP contribution < -0.4 is 4.90 Å². The van der Waals surface area contributed by atoms with Crippen LogP contribution in [0.2, 0.25) is 0 Å². The van der Waals surface area contributed by atoms with Crippen molar-refractivity contribution in [3.8, 4) is 0 Å². The van der Waals surface area contributed by atoms with Gasteiger partial charge in [-0.15, -0.1) is 0 Å². The number of rotatable bonds is 6. The maximum atomic E-state index is 2.56. The molecule has 0 N–H and O–H groups in total. The Morgan fingerprint density at radius 1 is 0.432 bits per heavy atom. The fraction of sp³-hybridized carbons (Fsp3) is 0.556. The molecular formula is C36H47N. The SMILES string of the molecule is C1=C(C2CCCCC2)CCC(N(c2ccc(C3CCCCC3)cc2)c2ccc(C3CCCCC3)cc2)=C1. The van der Waals surface area contributed by atoms with Crippen molar-refractivity contribution in [2.24, 2.45) is 5.92 Å². The molecule has 0 amide bonds. The average Bonchev–Trinajstić information content (AvgIpc) is 3.00. The molecule has 0 spiro atoms. The van der Waals surface area contributed by atoms with Crippen LogP contribution in [0.4, 0.5) is 11.4 Å². The van der Waals surface area contributed by atoms with E-state index in [-0.39, 0.29) is 0 Å². The molecule has 0 heterocycles. The summed E-state index contributed by atoms with van der Waals surface area (Å²) in [5.41, 5.74) is 8.91. The molecule has 1 nitrogen and oxygen atoms in total. The topological polar surface area (TPSA) is 3.24 Å². The van der Waals surface area contributed by atoms with Crippen molar-refractivity contribution in [2.45, 2.75) is 121 Å². The lowest BCUT2D eigenvalue weighted by molar-refractivity contribution is 0.393. The molecule has 37 heavy (non-hydrogen) atoms. The van der Waals surface area contributed by atoms with Crippen molar-refractivity contribution < 1.29 is 0 Å². The molecule has 0 unspecified atom stereocenters. The van der Waals surface area contributed by atoms with Gasteiger partial charge in [0.05, 0.1) is 0 Å². The minimum atomic E-state index is 0.765. The van der Waals surface area contributed by atoms with E-state index in [1.807, 2.05) is 0 Å². The zero-order valence-corrected chi connectivity index (χ0v) is 23.0. The van der Waals surface area contributed by atoms with Crippen LogP contribution in [0.15, 0.2) is 72.0 Å². The zero-order valence-electron chi connectivity index (χ0n) is 23.0. The van der Waals surface area contributed by atoms with Crippen LogP contribution in [0.3, 0.4) is 0 Å². The first kappa shape index (κ1) is 25.0. The van der Waals surface area contributed by atoms with Crippen LogP contribution >= 0.6 is 0 Å². The van der Waals surface area contributed by atoms with Crippen molar-refractivity contribution in [1.29, 1.82) is 0 Å². The molecule has 3 fully saturated rings. The lowest BCUT2D eigenvalue weighted by Gasteiger charge is -2.33. The molecule has 6 rings (SSSR count). The summed E-state index contributed by atoms with van der Waals surface area (Å²) >= 11 is 0. The standard InChI is InChI=1S/C36H47N/c1-4-10-28(11-5-1)31-16-22-34(23-17-31)37(35-24-18-32(19-25-35)29-12-6-2-7-13-29)36-26-20-33(21-27-36)30-14-8-3-9-15-30/h16-20,22-26,28-30H,1-15,21,27H2. The van der Waals surface area contributed by atoms with E-state index in [1.54, 1.807) is 16.7 Å². The highest BCUT2D eigenvalue weighted by Gasteiger charge is 2.24. The van der Waals surface area contributed by atoms with Crippen LogP contribution in [0.25, 0.3) is 0 Å². The van der Waals surface area contributed by atoms with Gasteiger partial charge in [0.2, 0.25) is 0 Å². The van der Waals surface area contributed by atoms with Crippen molar-refractivity contribution in [1.82, 2.24) is 0 Å². The molecule has 0 atom stereocenters. The Kier molecular flexibility index (Phi) is 8.15. The molecule has 4 aliphatic carbocycles. The van der Waals surface area contributed by atoms with Crippen molar-refractivity contribution in [2.75, 3.05) is 4.90 Å². The highest BCUT2D eigenvalue weighted by Crippen LogP contribution is 2.41. The predicted molar refractivity (Wildman–Crippen MR) is 159 cm³/mol. The largest absolute Gasteiger partial charge is 0.314 e. The maximum absolute atomic E-state index is 2.56. The van der Waals surface area contributed by atoms with Crippen LogP contribution in [0.1, 0.15) is 132 Å². The van der Waals surface area contributed by atoms with Crippen LogP contribution in [0.5, 0.6) is 0 Å². The Morgan fingerprint density at radius 3 is 1.27 bits per heavy atom. The first-order valence-electron chi connectivity index (χ1n) is 15.7. The third-order valence-corrected chi connectivity index (χ3v) is 10.0. The third-order valence-electron chi connectivity index (χ3n) is 10.0. The number of benzene rings is 2. The normalized spacial score (nSPS) is 22.4. The van der Waals surface area contributed by atoms with Crippen LogP contribution in [-0.4, -0.2) is 0 Å². The Hall–Kier alpha value is -2.28. The molecule has 196 valence electrons. The minimum absolute atomic E-state index is 0.765. The molecule has 3 saturated carbocycles. The van der Waals surface area contributed by atoms with Crippen molar-refractivity contribution in [3.63, 3.8) is 0 Å². The summed E-state index contributed by atoms with van der Waals surface area (Å²) in [5.74, 6) is 2.37. The van der Waals surface area contributed by atoms with E-state index in [4.69, 9.17) is 0 Å². The van der Waals surface area contributed by atoms with Gasteiger partial charge in [0.15, 0.2) is 0 Å². The van der Waals surface area contributed by atoms with Gasteiger partial charge in [0.1, 0.15) is 0 Å². The number of hydrogen-bond acceptors (Lipinski definition) is 1. The van der Waals surface area contributed by atoms with Gasteiger partial charge in [-0.05, 0) is 111 Å². The molecule has 0 bridgehead atoms. The average molecular weight is 494 g/mol. The number of hydrogen-bond donors (Lipinski definition) is 0. The van der Waals surface area contributed by atoms with Gasteiger partial charge in [-0.1, -0.05) is 93.7 Å². The minimum Gasteiger partial charge on any atom is -0.314 e. The van der Waals surface area contributed by atoms with Crippen LogP contribution in [-0.2, 0) is 0 Å². The fourth-order valence-corrected chi connectivity index (χ4v) is 7.79. The smallest absolute Gasteiger partial charge is 0.0458 e. The molecule has 0 saturated heterocycles.